The molecular weight excluding hydrogens is 593 g/mol. The first-order valence-corrected chi connectivity index (χ1v) is 13.4. The van der Waals surface area contributed by atoms with Gasteiger partial charge in [0.05, 0.1) is 26.0 Å². The molecule has 0 aliphatic heterocycles. The van der Waals surface area contributed by atoms with E-state index >= 15 is 0 Å². The van der Waals surface area contributed by atoms with E-state index in [9.17, 15) is 14.4 Å². The summed E-state index contributed by atoms with van der Waals surface area (Å²) in [6.07, 6.45) is 4.31. The van der Waals surface area contributed by atoms with Gasteiger partial charge >= 0.3 is 5.97 Å². The second-order valence-corrected chi connectivity index (χ2v) is 9.67. The largest absolute Gasteiger partial charge is 0.496 e. The number of carbonyl (C=O) groups excluding carboxylic acids is 3. The Morgan fingerprint density at radius 2 is 1.44 bits per heavy atom. The van der Waals surface area contributed by atoms with Gasteiger partial charge in [0.25, 0.3) is 11.8 Å². The third-order valence-electron chi connectivity index (χ3n) is 5.85. The Kier molecular flexibility index (Phi) is 10.5. The van der Waals surface area contributed by atoms with Crippen LogP contribution in [0.5, 0.6) is 17.2 Å². The van der Waals surface area contributed by atoms with E-state index in [1.54, 1.807) is 78.9 Å². The highest BCUT2D eigenvalue weighted by Gasteiger charge is 2.14. The summed E-state index contributed by atoms with van der Waals surface area (Å²) in [5.41, 5.74) is 4.71. The number of amides is 2. The average Bonchev–Trinajstić information content (AvgIpc) is 3.01. The molecule has 218 valence electrons. The standard InChI is InChI=1S/C32H25Cl2N3O6/c1-41-27-14-12-24(34)18-26(27)32(40)36-25-5-3-4-22(17-25)31(39)37-35-19-21-8-13-28(29(16-21)42-2)43-30(38)15-9-20-6-10-23(33)11-7-20/h3-19H,1-2H3,(H,36,40)(H,37,39)/b15-9+,35-19?. The summed E-state index contributed by atoms with van der Waals surface area (Å²) in [6.45, 7) is 0. The van der Waals surface area contributed by atoms with Gasteiger partial charge in [0, 0.05) is 27.4 Å². The highest BCUT2D eigenvalue weighted by molar-refractivity contribution is 6.31. The number of nitrogens with zero attached hydrogens (tertiary/aromatic N) is 1. The van der Waals surface area contributed by atoms with Gasteiger partial charge in [0.1, 0.15) is 5.75 Å². The van der Waals surface area contributed by atoms with Crippen molar-refractivity contribution in [3.8, 4) is 17.2 Å². The number of halogens is 2. The molecule has 4 aromatic rings. The lowest BCUT2D eigenvalue weighted by Gasteiger charge is -2.10. The van der Waals surface area contributed by atoms with Gasteiger partial charge in [-0.1, -0.05) is 41.4 Å². The van der Waals surface area contributed by atoms with E-state index in [0.717, 1.165) is 5.56 Å². The topological polar surface area (TPSA) is 115 Å². The number of nitrogens with one attached hydrogen (secondary N) is 2. The summed E-state index contributed by atoms with van der Waals surface area (Å²) in [7, 11) is 2.89. The van der Waals surface area contributed by atoms with E-state index in [1.807, 2.05) is 0 Å². The molecule has 0 fully saturated rings. The van der Waals surface area contributed by atoms with Crippen LogP contribution in [0.25, 0.3) is 6.08 Å². The number of hydrogen-bond acceptors (Lipinski definition) is 7. The van der Waals surface area contributed by atoms with Gasteiger partial charge in [0.15, 0.2) is 11.5 Å². The number of benzene rings is 4. The van der Waals surface area contributed by atoms with E-state index in [-0.39, 0.29) is 16.9 Å². The van der Waals surface area contributed by atoms with Gasteiger partial charge in [-0.05, 0) is 83.9 Å². The first-order chi connectivity index (χ1) is 20.7. The number of anilines is 1. The van der Waals surface area contributed by atoms with Gasteiger partial charge < -0.3 is 19.5 Å². The Labute approximate surface area is 257 Å². The highest BCUT2D eigenvalue weighted by Crippen LogP contribution is 2.28. The lowest BCUT2D eigenvalue weighted by Crippen LogP contribution is -2.18. The molecule has 0 saturated carbocycles. The van der Waals surface area contributed by atoms with Gasteiger partial charge in [0.2, 0.25) is 0 Å². The predicted molar refractivity (Wildman–Crippen MR) is 167 cm³/mol. The van der Waals surface area contributed by atoms with E-state index in [2.05, 4.69) is 15.8 Å². The van der Waals surface area contributed by atoms with Crippen molar-refractivity contribution < 1.29 is 28.6 Å². The number of ether oxygens (including phenoxy) is 3. The SMILES string of the molecule is COc1cc(C=NNC(=O)c2cccc(NC(=O)c3cc(Cl)ccc3OC)c2)ccc1OC(=O)/C=C/c1ccc(Cl)cc1. The van der Waals surface area contributed by atoms with Crippen molar-refractivity contribution in [2.75, 3.05) is 19.5 Å². The Balaban J connectivity index is 1.36. The molecule has 0 bridgehead atoms. The van der Waals surface area contributed by atoms with Crippen LogP contribution in [-0.4, -0.2) is 38.2 Å². The number of esters is 1. The Hall–Kier alpha value is -5.12. The lowest BCUT2D eigenvalue weighted by atomic mass is 10.1. The fourth-order valence-electron chi connectivity index (χ4n) is 3.75. The zero-order chi connectivity index (χ0) is 30.8. The van der Waals surface area contributed by atoms with Crippen LogP contribution in [0.1, 0.15) is 31.8 Å². The van der Waals surface area contributed by atoms with E-state index in [0.29, 0.717) is 32.8 Å². The summed E-state index contributed by atoms with van der Waals surface area (Å²) in [5.74, 6) is -0.675. The third-order valence-corrected chi connectivity index (χ3v) is 6.34. The molecule has 43 heavy (non-hydrogen) atoms. The summed E-state index contributed by atoms with van der Waals surface area (Å²) >= 11 is 11.9. The number of hydrazone groups is 1. The maximum atomic E-state index is 12.8. The third kappa shape index (κ3) is 8.68. The summed E-state index contributed by atoms with van der Waals surface area (Å²) < 4.78 is 16.0. The minimum atomic E-state index is -0.591. The van der Waals surface area contributed by atoms with Gasteiger partial charge in [-0.15, -0.1) is 0 Å². The van der Waals surface area contributed by atoms with E-state index < -0.39 is 17.8 Å². The van der Waals surface area contributed by atoms with Crippen molar-refractivity contribution in [3.05, 3.63) is 123 Å². The first-order valence-electron chi connectivity index (χ1n) is 12.7. The normalized spacial score (nSPS) is 10.9. The molecule has 0 spiro atoms. The van der Waals surface area contributed by atoms with E-state index in [1.165, 1.54) is 38.6 Å². The molecule has 11 heteroatoms. The lowest BCUT2D eigenvalue weighted by molar-refractivity contribution is -0.129. The molecule has 2 amide bonds. The Morgan fingerprint density at radius 3 is 2.19 bits per heavy atom. The minimum Gasteiger partial charge on any atom is -0.496 e. The fraction of sp³-hybridized carbons (Fsp3) is 0.0625. The van der Waals surface area contributed by atoms with Crippen LogP contribution < -0.4 is 25.0 Å². The average molecular weight is 618 g/mol. The smallest absolute Gasteiger partial charge is 0.336 e. The maximum Gasteiger partial charge on any atom is 0.336 e. The van der Waals surface area contributed by atoms with Crippen molar-refractivity contribution in [1.82, 2.24) is 5.43 Å². The molecule has 0 saturated heterocycles. The van der Waals surface area contributed by atoms with Gasteiger partial charge in [-0.2, -0.15) is 5.10 Å². The molecule has 0 aliphatic rings. The van der Waals surface area contributed by atoms with Crippen LogP contribution in [0, 0.1) is 0 Å². The summed E-state index contributed by atoms with van der Waals surface area (Å²) in [5, 5.41) is 7.71. The molecule has 0 aliphatic carbocycles. The second kappa shape index (κ2) is 14.7. The van der Waals surface area contributed by atoms with Crippen molar-refractivity contribution >= 4 is 59.0 Å². The van der Waals surface area contributed by atoms with Crippen LogP contribution in [0.2, 0.25) is 10.0 Å². The number of rotatable bonds is 10. The molecule has 9 nitrogen and oxygen atoms in total. The minimum absolute atomic E-state index is 0.212. The Bertz CT molecular complexity index is 1700. The van der Waals surface area contributed by atoms with Crippen molar-refractivity contribution in [2.45, 2.75) is 0 Å². The molecule has 0 heterocycles. The van der Waals surface area contributed by atoms with Crippen molar-refractivity contribution in [2.24, 2.45) is 5.10 Å². The van der Waals surface area contributed by atoms with Crippen LogP contribution in [0.4, 0.5) is 5.69 Å². The first kappa shape index (κ1) is 30.8. The molecule has 0 aromatic heterocycles. The molecule has 2 N–H and O–H groups in total. The van der Waals surface area contributed by atoms with Crippen LogP contribution in [-0.2, 0) is 4.79 Å². The molecule has 0 radical (unpaired) electrons. The summed E-state index contributed by atoms with van der Waals surface area (Å²) in [6, 6.07) is 22.8. The van der Waals surface area contributed by atoms with Gasteiger partial charge in [-0.25, -0.2) is 10.2 Å². The fourth-order valence-corrected chi connectivity index (χ4v) is 4.05. The Morgan fingerprint density at radius 1 is 0.744 bits per heavy atom. The predicted octanol–water partition coefficient (Wildman–Crippen LogP) is 6.65. The van der Waals surface area contributed by atoms with E-state index in [4.69, 9.17) is 37.4 Å². The second-order valence-electron chi connectivity index (χ2n) is 8.79. The molecular formula is C32H25Cl2N3O6. The van der Waals surface area contributed by atoms with Gasteiger partial charge in [-0.3, -0.25) is 9.59 Å². The van der Waals surface area contributed by atoms with Crippen molar-refractivity contribution in [1.29, 1.82) is 0 Å². The zero-order valence-corrected chi connectivity index (χ0v) is 24.5. The van der Waals surface area contributed by atoms with Crippen molar-refractivity contribution in [3.63, 3.8) is 0 Å². The number of carbonyl (C=O) groups is 3. The monoisotopic (exact) mass is 617 g/mol. The summed E-state index contributed by atoms with van der Waals surface area (Å²) in [4.78, 5) is 37.8. The highest BCUT2D eigenvalue weighted by atomic mass is 35.5. The number of hydrogen-bond donors (Lipinski definition) is 2. The molecule has 0 unspecified atom stereocenters. The van der Waals surface area contributed by atoms with Crippen LogP contribution >= 0.6 is 23.2 Å². The molecule has 0 atom stereocenters. The maximum absolute atomic E-state index is 12.8. The zero-order valence-electron chi connectivity index (χ0n) is 23.0. The molecule has 4 aromatic carbocycles. The molecule has 4 rings (SSSR count). The van der Waals surface area contributed by atoms with Crippen LogP contribution in [0.3, 0.4) is 0 Å². The number of methoxy groups -OCH3 is 2. The van der Waals surface area contributed by atoms with Crippen LogP contribution in [0.15, 0.2) is 96.1 Å². The quantitative estimate of drug-likeness (QED) is 0.0677.